The van der Waals surface area contributed by atoms with Gasteiger partial charge in [-0.05, 0) is 43.3 Å². The number of benzene rings is 2. The summed E-state index contributed by atoms with van der Waals surface area (Å²) in [5.74, 6) is 0.578. The van der Waals surface area contributed by atoms with Crippen molar-refractivity contribution in [1.82, 2.24) is 0 Å². The van der Waals surface area contributed by atoms with Gasteiger partial charge in [-0.1, -0.05) is 19.1 Å². The highest BCUT2D eigenvalue weighted by atomic mass is 16.5. The van der Waals surface area contributed by atoms with E-state index in [1.54, 1.807) is 12.0 Å². The minimum atomic E-state index is -0.309. The van der Waals surface area contributed by atoms with Crippen LogP contribution < -0.4 is 20.3 Å². The Bertz CT molecular complexity index is 820. The van der Waals surface area contributed by atoms with Crippen LogP contribution in [0.1, 0.15) is 31.9 Å². The summed E-state index contributed by atoms with van der Waals surface area (Å²) in [6.07, 6.45) is 0.890. The number of carbonyl (C=O) groups is 2. The number of quaternary nitrogens is 1. The molecule has 3 N–H and O–H groups in total. The Morgan fingerprint density at radius 2 is 1.93 bits per heavy atom. The summed E-state index contributed by atoms with van der Waals surface area (Å²) in [6.45, 7) is 4.04. The maximum absolute atomic E-state index is 13.1. The summed E-state index contributed by atoms with van der Waals surface area (Å²) in [4.78, 5) is 26.7. The van der Waals surface area contributed by atoms with Gasteiger partial charge in [0.1, 0.15) is 18.3 Å². The van der Waals surface area contributed by atoms with Crippen molar-refractivity contribution < 1.29 is 19.6 Å². The summed E-state index contributed by atoms with van der Waals surface area (Å²) in [5, 5.41) is 4.89. The molecule has 6 heteroatoms. The highest BCUT2D eigenvalue weighted by Crippen LogP contribution is 2.29. The Kier molecular flexibility index (Phi) is 5.76. The smallest absolute Gasteiger partial charge is 0.285 e. The largest absolute Gasteiger partial charge is 0.497 e. The zero-order valence-electron chi connectivity index (χ0n) is 15.9. The standard InChI is InChI=1S/C21H25N3O3/c1-4-17(15-9-11-16(27-3)12-10-15)22-14(2)21(26)24-13-20(25)23-18-7-5-6-8-19(18)24/h5-12,14,17,22H,4,13H2,1-3H3,(H,23,25)/p+1/t14-,17+/m1/s1. The molecule has 6 nitrogen and oxygen atoms in total. The maximum atomic E-state index is 13.1. The van der Waals surface area contributed by atoms with Crippen molar-refractivity contribution in [2.45, 2.75) is 32.4 Å². The SMILES string of the molecule is CC[C@H]([NH2+][C@H](C)C(=O)N1CC(=O)Nc2ccccc21)c1ccc(OC)cc1. The molecule has 1 aliphatic heterocycles. The summed E-state index contributed by atoms with van der Waals surface area (Å²) in [5.41, 5.74) is 2.58. The molecule has 0 spiro atoms. The number of methoxy groups -OCH3 is 1. The van der Waals surface area contributed by atoms with Crippen LogP contribution in [-0.2, 0) is 9.59 Å². The molecule has 0 fully saturated rings. The number of anilines is 2. The minimum Gasteiger partial charge on any atom is -0.497 e. The normalized spacial score (nSPS) is 15.5. The Labute approximate surface area is 159 Å². The number of rotatable bonds is 6. The molecular formula is C21H26N3O3+. The molecule has 0 saturated carbocycles. The molecule has 0 aliphatic carbocycles. The van der Waals surface area contributed by atoms with E-state index in [0.29, 0.717) is 5.69 Å². The zero-order valence-corrected chi connectivity index (χ0v) is 15.9. The van der Waals surface area contributed by atoms with E-state index < -0.39 is 0 Å². The van der Waals surface area contributed by atoms with Gasteiger partial charge in [-0.25, -0.2) is 0 Å². The fourth-order valence-electron chi connectivity index (χ4n) is 3.44. The lowest BCUT2D eigenvalue weighted by atomic mass is 10.0. The van der Waals surface area contributed by atoms with Crippen LogP contribution in [0, 0.1) is 0 Å². The number of carbonyl (C=O) groups excluding carboxylic acids is 2. The van der Waals surface area contributed by atoms with Gasteiger partial charge in [-0.3, -0.25) is 14.5 Å². The molecule has 0 radical (unpaired) electrons. The lowest BCUT2D eigenvalue weighted by Gasteiger charge is -2.31. The molecular weight excluding hydrogens is 342 g/mol. The van der Waals surface area contributed by atoms with E-state index in [0.717, 1.165) is 23.4 Å². The molecule has 3 rings (SSSR count). The second kappa shape index (κ2) is 8.22. The first kappa shape index (κ1) is 18.9. The van der Waals surface area contributed by atoms with Gasteiger partial charge < -0.3 is 15.4 Å². The minimum absolute atomic E-state index is 0.0490. The quantitative estimate of drug-likeness (QED) is 0.820. The Morgan fingerprint density at radius 1 is 1.22 bits per heavy atom. The summed E-state index contributed by atoms with van der Waals surface area (Å²) in [6, 6.07) is 15.2. The topological polar surface area (TPSA) is 75.2 Å². The third-order valence-electron chi connectivity index (χ3n) is 4.93. The van der Waals surface area contributed by atoms with Gasteiger partial charge in [0.25, 0.3) is 5.91 Å². The zero-order chi connectivity index (χ0) is 19.4. The van der Waals surface area contributed by atoms with Gasteiger partial charge in [0.2, 0.25) is 5.91 Å². The Balaban J connectivity index is 1.75. The second-order valence-electron chi connectivity index (χ2n) is 6.76. The molecule has 1 heterocycles. The molecule has 2 aromatic carbocycles. The van der Waals surface area contributed by atoms with Crippen molar-refractivity contribution in [3.8, 4) is 5.75 Å². The first-order valence-electron chi connectivity index (χ1n) is 9.22. The molecule has 2 atom stereocenters. The Hall–Kier alpha value is -2.86. The van der Waals surface area contributed by atoms with E-state index in [1.807, 2.05) is 55.5 Å². The van der Waals surface area contributed by atoms with Crippen molar-refractivity contribution in [3.05, 3.63) is 54.1 Å². The average molecular weight is 368 g/mol. The molecule has 2 amide bonds. The predicted molar refractivity (Wildman–Crippen MR) is 105 cm³/mol. The van der Waals surface area contributed by atoms with Crippen LogP contribution in [0.2, 0.25) is 0 Å². The number of hydrogen-bond acceptors (Lipinski definition) is 3. The summed E-state index contributed by atoms with van der Waals surface area (Å²) < 4.78 is 5.22. The van der Waals surface area contributed by atoms with Crippen LogP contribution in [0.5, 0.6) is 5.75 Å². The van der Waals surface area contributed by atoms with Crippen molar-refractivity contribution in [2.75, 3.05) is 23.9 Å². The molecule has 0 unspecified atom stereocenters. The molecule has 0 saturated heterocycles. The fourth-order valence-corrected chi connectivity index (χ4v) is 3.44. The van der Waals surface area contributed by atoms with E-state index in [2.05, 4.69) is 17.6 Å². The van der Waals surface area contributed by atoms with Gasteiger partial charge >= 0.3 is 0 Å². The van der Waals surface area contributed by atoms with Gasteiger partial charge in [0, 0.05) is 12.0 Å². The van der Waals surface area contributed by atoms with Crippen LogP contribution in [0.4, 0.5) is 11.4 Å². The van der Waals surface area contributed by atoms with Crippen LogP contribution in [-0.4, -0.2) is 31.5 Å². The van der Waals surface area contributed by atoms with Crippen LogP contribution in [0.3, 0.4) is 0 Å². The highest BCUT2D eigenvalue weighted by Gasteiger charge is 2.32. The van der Waals surface area contributed by atoms with Gasteiger partial charge in [-0.15, -0.1) is 0 Å². The number of amides is 2. The predicted octanol–water partition coefficient (Wildman–Crippen LogP) is 2.08. The second-order valence-corrected chi connectivity index (χ2v) is 6.76. The molecule has 0 aromatic heterocycles. The van der Waals surface area contributed by atoms with Gasteiger partial charge in [0.05, 0.1) is 18.5 Å². The number of hydrogen-bond donors (Lipinski definition) is 2. The van der Waals surface area contributed by atoms with Gasteiger partial charge in [0.15, 0.2) is 6.04 Å². The molecule has 1 aliphatic rings. The van der Waals surface area contributed by atoms with Crippen LogP contribution >= 0.6 is 0 Å². The number of nitrogens with zero attached hydrogens (tertiary/aromatic N) is 1. The van der Waals surface area contributed by atoms with Crippen molar-refractivity contribution in [3.63, 3.8) is 0 Å². The first-order valence-corrected chi connectivity index (χ1v) is 9.22. The summed E-state index contributed by atoms with van der Waals surface area (Å²) in [7, 11) is 1.64. The third-order valence-corrected chi connectivity index (χ3v) is 4.93. The molecule has 27 heavy (non-hydrogen) atoms. The van der Waals surface area contributed by atoms with Gasteiger partial charge in [-0.2, -0.15) is 0 Å². The number of nitrogens with one attached hydrogen (secondary N) is 1. The third kappa shape index (κ3) is 4.11. The lowest BCUT2D eigenvalue weighted by molar-refractivity contribution is -0.713. The summed E-state index contributed by atoms with van der Waals surface area (Å²) >= 11 is 0. The first-order chi connectivity index (χ1) is 13.0. The van der Waals surface area contributed by atoms with E-state index in [1.165, 1.54) is 0 Å². The Morgan fingerprint density at radius 3 is 2.59 bits per heavy atom. The molecule has 142 valence electrons. The number of ether oxygens (including phenoxy) is 1. The number of nitrogens with two attached hydrogens (primary N) is 1. The van der Waals surface area contributed by atoms with E-state index in [-0.39, 0.29) is 30.4 Å². The molecule has 0 bridgehead atoms. The molecule has 2 aromatic rings. The monoisotopic (exact) mass is 368 g/mol. The van der Waals surface area contributed by atoms with Crippen molar-refractivity contribution in [1.29, 1.82) is 0 Å². The lowest BCUT2D eigenvalue weighted by Crippen LogP contribution is -2.92. The van der Waals surface area contributed by atoms with Crippen LogP contribution in [0.25, 0.3) is 0 Å². The highest BCUT2D eigenvalue weighted by molar-refractivity contribution is 6.10. The van der Waals surface area contributed by atoms with Crippen molar-refractivity contribution >= 4 is 23.2 Å². The van der Waals surface area contributed by atoms with E-state index >= 15 is 0 Å². The number of fused-ring (bicyclic) bond motifs is 1. The average Bonchev–Trinajstić information content (AvgIpc) is 2.70. The number of para-hydroxylation sites is 2. The van der Waals surface area contributed by atoms with Crippen LogP contribution in [0.15, 0.2) is 48.5 Å². The van der Waals surface area contributed by atoms with Crippen molar-refractivity contribution in [2.24, 2.45) is 0 Å². The van der Waals surface area contributed by atoms with E-state index in [4.69, 9.17) is 4.74 Å². The fraction of sp³-hybridized carbons (Fsp3) is 0.333. The maximum Gasteiger partial charge on any atom is 0.285 e. The van der Waals surface area contributed by atoms with E-state index in [9.17, 15) is 9.59 Å².